The van der Waals surface area contributed by atoms with E-state index in [9.17, 15) is 9.59 Å². The molecule has 0 aromatic heterocycles. The number of carbonyl (C=O) groups excluding carboxylic acids is 2. The van der Waals surface area contributed by atoms with Crippen LogP contribution in [-0.4, -0.2) is 11.8 Å². The van der Waals surface area contributed by atoms with E-state index in [0.717, 1.165) is 16.7 Å². The van der Waals surface area contributed by atoms with E-state index >= 15 is 0 Å². The number of amides is 2. The van der Waals surface area contributed by atoms with E-state index in [1.165, 1.54) is 12.2 Å². The second kappa shape index (κ2) is 10.6. The molecule has 3 aromatic carbocycles. The standard InChI is InChI=1S/C25H20Cl2N2O2/c1-17-10-13-20(28-24(30)14-11-18-6-2-4-8-21(18)26)16-23(17)29-25(31)15-12-19-7-3-5-9-22(19)27/h2-16H,1H3,(H,28,30)(H,29,31). The van der Waals surface area contributed by atoms with Crippen LogP contribution >= 0.6 is 23.2 Å². The first-order chi connectivity index (χ1) is 14.9. The Morgan fingerprint density at radius 3 is 1.81 bits per heavy atom. The second-order valence-electron chi connectivity index (χ2n) is 6.72. The fourth-order valence-electron chi connectivity index (χ4n) is 2.74. The van der Waals surface area contributed by atoms with Crippen molar-refractivity contribution in [3.63, 3.8) is 0 Å². The summed E-state index contributed by atoms with van der Waals surface area (Å²) in [5.74, 6) is -0.607. The molecule has 6 heteroatoms. The van der Waals surface area contributed by atoms with Gasteiger partial charge in [0.15, 0.2) is 0 Å². The van der Waals surface area contributed by atoms with Crippen molar-refractivity contribution in [2.45, 2.75) is 6.92 Å². The molecule has 0 saturated heterocycles. The SMILES string of the molecule is Cc1ccc(NC(=O)C=Cc2ccccc2Cl)cc1NC(=O)C=Cc1ccccc1Cl. The molecular formula is C25H20Cl2N2O2. The van der Waals surface area contributed by atoms with Gasteiger partial charge in [0.2, 0.25) is 11.8 Å². The first-order valence-corrected chi connectivity index (χ1v) is 10.3. The Hall–Kier alpha value is -3.34. The number of nitrogens with one attached hydrogen (secondary N) is 2. The van der Waals surface area contributed by atoms with Crippen LogP contribution in [-0.2, 0) is 9.59 Å². The molecule has 0 atom stereocenters. The van der Waals surface area contributed by atoms with Gasteiger partial charge < -0.3 is 10.6 Å². The Kier molecular flexibility index (Phi) is 7.65. The van der Waals surface area contributed by atoms with E-state index in [4.69, 9.17) is 23.2 Å². The molecular weight excluding hydrogens is 431 g/mol. The maximum Gasteiger partial charge on any atom is 0.248 e. The molecule has 3 aromatic rings. The molecule has 31 heavy (non-hydrogen) atoms. The molecule has 0 saturated carbocycles. The average Bonchev–Trinajstić information content (AvgIpc) is 2.75. The van der Waals surface area contributed by atoms with Crippen molar-refractivity contribution >= 4 is 58.5 Å². The summed E-state index contributed by atoms with van der Waals surface area (Å²) < 4.78 is 0. The summed E-state index contributed by atoms with van der Waals surface area (Å²) in [5.41, 5.74) is 3.53. The van der Waals surface area contributed by atoms with Gasteiger partial charge in [-0.2, -0.15) is 0 Å². The zero-order valence-electron chi connectivity index (χ0n) is 16.7. The lowest BCUT2D eigenvalue weighted by Crippen LogP contribution is -2.11. The van der Waals surface area contributed by atoms with Gasteiger partial charge in [-0.1, -0.05) is 65.7 Å². The predicted octanol–water partition coefficient (Wildman–Crippen LogP) is 6.61. The number of rotatable bonds is 6. The van der Waals surface area contributed by atoms with E-state index in [-0.39, 0.29) is 11.8 Å². The summed E-state index contributed by atoms with van der Waals surface area (Å²) in [7, 11) is 0. The molecule has 2 N–H and O–H groups in total. The molecule has 0 bridgehead atoms. The van der Waals surface area contributed by atoms with Gasteiger partial charge in [0, 0.05) is 33.6 Å². The van der Waals surface area contributed by atoms with Gasteiger partial charge in [-0.15, -0.1) is 0 Å². The fraction of sp³-hybridized carbons (Fsp3) is 0.0400. The quantitative estimate of drug-likeness (QED) is 0.415. The third-order valence-electron chi connectivity index (χ3n) is 4.40. The van der Waals surface area contributed by atoms with Crippen LogP contribution in [0.2, 0.25) is 10.0 Å². The highest BCUT2D eigenvalue weighted by Gasteiger charge is 2.06. The van der Waals surface area contributed by atoms with E-state index in [1.807, 2.05) is 49.4 Å². The molecule has 4 nitrogen and oxygen atoms in total. The van der Waals surface area contributed by atoms with E-state index in [1.54, 1.807) is 36.4 Å². The van der Waals surface area contributed by atoms with Crippen molar-refractivity contribution in [3.05, 3.63) is 106 Å². The topological polar surface area (TPSA) is 58.2 Å². The van der Waals surface area contributed by atoms with Crippen molar-refractivity contribution in [2.24, 2.45) is 0 Å². The van der Waals surface area contributed by atoms with Gasteiger partial charge in [0.25, 0.3) is 0 Å². The van der Waals surface area contributed by atoms with Crippen LogP contribution in [0.25, 0.3) is 12.2 Å². The van der Waals surface area contributed by atoms with Crippen molar-refractivity contribution < 1.29 is 9.59 Å². The van der Waals surface area contributed by atoms with Crippen molar-refractivity contribution in [3.8, 4) is 0 Å². The summed E-state index contributed by atoms with van der Waals surface area (Å²) in [5, 5.41) is 6.74. The molecule has 0 aliphatic rings. The lowest BCUT2D eigenvalue weighted by molar-refractivity contribution is -0.112. The molecule has 3 rings (SSSR count). The molecule has 0 aliphatic heterocycles. The van der Waals surface area contributed by atoms with Crippen LogP contribution < -0.4 is 10.6 Å². The van der Waals surface area contributed by atoms with E-state index in [0.29, 0.717) is 21.4 Å². The molecule has 0 radical (unpaired) electrons. The van der Waals surface area contributed by atoms with E-state index < -0.39 is 0 Å². The smallest absolute Gasteiger partial charge is 0.248 e. The van der Waals surface area contributed by atoms with Crippen LogP contribution in [0.15, 0.2) is 78.9 Å². The number of hydrogen-bond donors (Lipinski definition) is 2. The minimum Gasteiger partial charge on any atom is -0.322 e. The zero-order chi connectivity index (χ0) is 22.2. The van der Waals surface area contributed by atoms with Gasteiger partial charge in [0.1, 0.15) is 0 Å². The van der Waals surface area contributed by atoms with Crippen LogP contribution in [0.3, 0.4) is 0 Å². The van der Waals surface area contributed by atoms with Gasteiger partial charge in [-0.3, -0.25) is 9.59 Å². The molecule has 0 fully saturated rings. The highest BCUT2D eigenvalue weighted by Crippen LogP contribution is 2.22. The monoisotopic (exact) mass is 450 g/mol. The summed E-state index contributed by atoms with van der Waals surface area (Å²) in [6, 6.07) is 19.8. The molecule has 0 heterocycles. The summed E-state index contributed by atoms with van der Waals surface area (Å²) in [6.45, 7) is 1.87. The lowest BCUT2D eigenvalue weighted by Gasteiger charge is -2.10. The maximum atomic E-state index is 12.3. The van der Waals surface area contributed by atoms with Gasteiger partial charge in [0.05, 0.1) is 0 Å². The average molecular weight is 451 g/mol. The van der Waals surface area contributed by atoms with Crippen LogP contribution in [0.1, 0.15) is 16.7 Å². The largest absolute Gasteiger partial charge is 0.322 e. The Labute approximate surface area is 191 Å². The Bertz CT molecular complexity index is 1170. The maximum absolute atomic E-state index is 12.3. The second-order valence-corrected chi connectivity index (χ2v) is 7.53. The minimum atomic E-state index is -0.306. The lowest BCUT2D eigenvalue weighted by atomic mass is 10.1. The van der Waals surface area contributed by atoms with Crippen LogP contribution in [0.5, 0.6) is 0 Å². The Morgan fingerprint density at radius 1 is 0.742 bits per heavy atom. The minimum absolute atomic E-state index is 0.301. The number of hydrogen-bond acceptors (Lipinski definition) is 2. The highest BCUT2D eigenvalue weighted by molar-refractivity contribution is 6.32. The molecule has 0 spiro atoms. The summed E-state index contributed by atoms with van der Waals surface area (Å²) >= 11 is 12.2. The molecule has 156 valence electrons. The van der Waals surface area contributed by atoms with Crippen LogP contribution in [0, 0.1) is 6.92 Å². The highest BCUT2D eigenvalue weighted by atomic mass is 35.5. The molecule has 2 amide bonds. The number of halogens is 2. The van der Waals surface area contributed by atoms with Crippen molar-refractivity contribution in [1.29, 1.82) is 0 Å². The predicted molar refractivity (Wildman–Crippen MR) is 129 cm³/mol. The third-order valence-corrected chi connectivity index (χ3v) is 5.09. The van der Waals surface area contributed by atoms with Gasteiger partial charge >= 0.3 is 0 Å². The van der Waals surface area contributed by atoms with Crippen molar-refractivity contribution in [2.75, 3.05) is 10.6 Å². The van der Waals surface area contributed by atoms with E-state index in [2.05, 4.69) is 10.6 Å². The molecule has 0 unspecified atom stereocenters. The van der Waals surface area contributed by atoms with Crippen molar-refractivity contribution in [1.82, 2.24) is 0 Å². The number of anilines is 2. The number of carbonyl (C=O) groups is 2. The Balaban J connectivity index is 1.65. The normalized spacial score (nSPS) is 11.1. The number of aryl methyl sites for hydroxylation is 1. The van der Waals surface area contributed by atoms with Crippen LogP contribution in [0.4, 0.5) is 11.4 Å². The zero-order valence-corrected chi connectivity index (χ0v) is 18.2. The summed E-state index contributed by atoms with van der Waals surface area (Å²) in [6.07, 6.45) is 6.12. The third kappa shape index (κ3) is 6.57. The van der Waals surface area contributed by atoms with Gasteiger partial charge in [-0.25, -0.2) is 0 Å². The number of benzene rings is 3. The first-order valence-electron chi connectivity index (χ1n) is 9.50. The first kappa shape index (κ1) is 22.3. The Morgan fingerprint density at radius 2 is 1.26 bits per heavy atom. The molecule has 0 aliphatic carbocycles. The van der Waals surface area contributed by atoms with Gasteiger partial charge in [-0.05, 0) is 60.0 Å². The summed E-state index contributed by atoms with van der Waals surface area (Å²) in [4.78, 5) is 24.6. The fourth-order valence-corrected chi connectivity index (χ4v) is 3.14.